The zero-order valence-corrected chi connectivity index (χ0v) is 10.8. The monoisotopic (exact) mass is 256 g/mol. The highest BCUT2D eigenvalue weighted by atomic mass is 32.2. The molecular weight excluding hydrogens is 240 g/mol. The van der Waals surface area contributed by atoms with Crippen molar-refractivity contribution in [2.75, 3.05) is 7.11 Å². The quantitative estimate of drug-likeness (QED) is 0.826. The number of rotatable bonds is 3. The molecule has 94 valence electrons. The van der Waals surface area contributed by atoms with Crippen molar-refractivity contribution in [2.45, 2.75) is 42.2 Å². The van der Waals surface area contributed by atoms with Crippen molar-refractivity contribution in [3.63, 3.8) is 0 Å². The second kappa shape index (κ2) is 4.70. The summed E-state index contributed by atoms with van der Waals surface area (Å²) in [6, 6.07) is 0. The van der Waals surface area contributed by atoms with E-state index < -0.39 is 5.54 Å². The Balaban J connectivity index is 1.96. The molecule has 1 aliphatic rings. The Kier molecular flexibility index (Phi) is 3.44. The normalized spacial score (nSPS) is 28.3. The molecule has 1 aliphatic carbocycles. The summed E-state index contributed by atoms with van der Waals surface area (Å²) in [6.45, 7) is 1.88. The van der Waals surface area contributed by atoms with Crippen LogP contribution in [-0.2, 0) is 9.53 Å². The average molecular weight is 256 g/mol. The summed E-state index contributed by atoms with van der Waals surface area (Å²) >= 11 is 1.54. The Hall–Kier alpha value is -1.01. The fourth-order valence-corrected chi connectivity index (χ4v) is 3.25. The molecule has 0 amide bonds. The van der Waals surface area contributed by atoms with E-state index in [-0.39, 0.29) is 11.2 Å². The Labute approximate surface area is 104 Å². The van der Waals surface area contributed by atoms with Crippen LogP contribution in [0.5, 0.6) is 0 Å². The van der Waals surface area contributed by atoms with E-state index in [4.69, 9.17) is 14.9 Å². The van der Waals surface area contributed by atoms with Crippen molar-refractivity contribution in [1.82, 2.24) is 4.98 Å². The van der Waals surface area contributed by atoms with Gasteiger partial charge in [-0.1, -0.05) is 11.8 Å². The summed E-state index contributed by atoms with van der Waals surface area (Å²) in [4.78, 5) is 15.8. The first-order valence-corrected chi connectivity index (χ1v) is 6.37. The Morgan fingerprint density at radius 2 is 2.53 bits per heavy atom. The first kappa shape index (κ1) is 12.4. The number of nitrogens with zero attached hydrogens (tertiary/aromatic N) is 1. The average Bonchev–Trinajstić information content (AvgIpc) is 2.86. The van der Waals surface area contributed by atoms with Gasteiger partial charge in [-0.2, -0.15) is 0 Å². The van der Waals surface area contributed by atoms with Crippen molar-refractivity contribution >= 4 is 17.7 Å². The number of thioether (sulfide) groups is 1. The van der Waals surface area contributed by atoms with E-state index in [2.05, 4.69) is 4.98 Å². The van der Waals surface area contributed by atoms with Gasteiger partial charge in [0, 0.05) is 5.25 Å². The van der Waals surface area contributed by atoms with E-state index in [1.54, 1.807) is 6.26 Å². The molecule has 0 bridgehead atoms. The highest BCUT2D eigenvalue weighted by molar-refractivity contribution is 7.99. The summed E-state index contributed by atoms with van der Waals surface area (Å²) < 4.78 is 10.0. The van der Waals surface area contributed by atoms with Gasteiger partial charge in [-0.15, -0.1) is 0 Å². The number of carbonyl (C=O) groups excluding carboxylic acids is 1. The molecule has 2 unspecified atom stereocenters. The molecule has 0 aromatic carbocycles. The van der Waals surface area contributed by atoms with Crippen LogP contribution in [-0.4, -0.2) is 28.9 Å². The van der Waals surface area contributed by atoms with Gasteiger partial charge in [-0.05, 0) is 26.2 Å². The first-order chi connectivity index (χ1) is 8.03. The van der Waals surface area contributed by atoms with E-state index in [0.29, 0.717) is 18.1 Å². The van der Waals surface area contributed by atoms with Gasteiger partial charge in [0.2, 0.25) is 0 Å². The van der Waals surface area contributed by atoms with Gasteiger partial charge in [-0.3, -0.25) is 4.79 Å². The van der Waals surface area contributed by atoms with E-state index in [1.807, 2.05) is 6.92 Å². The van der Waals surface area contributed by atoms with Gasteiger partial charge in [0.05, 0.1) is 12.8 Å². The fourth-order valence-electron chi connectivity index (χ4n) is 2.05. The SMILES string of the molecule is COC(=O)C1(N)CCC(Sc2nc(C)co2)C1. The largest absolute Gasteiger partial charge is 0.468 e. The summed E-state index contributed by atoms with van der Waals surface area (Å²) in [7, 11) is 1.37. The molecule has 5 nitrogen and oxygen atoms in total. The lowest BCUT2D eigenvalue weighted by Crippen LogP contribution is -2.46. The minimum Gasteiger partial charge on any atom is -0.468 e. The lowest BCUT2D eigenvalue weighted by molar-refractivity contribution is -0.146. The maximum Gasteiger partial charge on any atom is 0.325 e. The minimum absolute atomic E-state index is 0.261. The molecule has 17 heavy (non-hydrogen) atoms. The zero-order chi connectivity index (χ0) is 12.5. The maximum absolute atomic E-state index is 11.5. The van der Waals surface area contributed by atoms with Crippen LogP contribution in [0.4, 0.5) is 0 Å². The third-order valence-corrected chi connectivity index (χ3v) is 4.09. The third-order valence-electron chi connectivity index (χ3n) is 2.96. The molecule has 2 atom stereocenters. The van der Waals surface area contributed by atoms with E-state index in [9.17, 15) is 4.79 Å². The van der Waals surface area contributed by atoms with Gasteiger partial charge < -0.3 is 14.9 Å². The summed E-state index contributed by atoms with van der Waals surface area (Å²) in [5, 5.41) is 0.902. The molecule has 0 spiro atoms. The van der Waals surface area contributed by atoms with Crippen LogP contribution in [0.2, 0.25) is 0 Å². The Morgan fingerprint density at radius 1 is 1.76 bits per heavy atom. The van der Waals surface area contributed by atoms with Crippen LogP contribution < -0.4 is 5.73 Å². The molecule has 1 saturated carbocycles. The molecule has 1 fully saturated rings. The van der Waals surface area contributed by atoms with Gasteiger partial charge in [0.25, 0.3) is 5.22 Å². The number of aryl methyl sites for hydroxylation is 1. The first-order valence-electron chi connectivity index (χ1n) is 5.49. The molecule has 1 aromatic rings. The molecule has 0 aliphatic heterocycles. The predicted molar refractivity (Wildman–Crippen MR) is 63.7 cm³/mol. The van der Waals surface area contributed by atoms with Crippen LogP contribution in [0.3, 0.4) is 0 Å². The molecular formula is C11H16N2O3S. The van der Waals surface area contributed by atoms with Crippen molar-refractivity contribution in [3.8, 4) is 0 Å². The summed E-state index contributed by atoms with van der Waals surface area (Å²) in [5.74, 6) is -0.329. The van der Waals surface area contributed by atoms with Crippen LogP contribution in [0.15, 0.2) is 15.9 Å². The topological polar surface area (TPSA) is 78.4 Å². The number of hydrogen-bond donors (Lipinski definition) is 1. The maximum atomic E-state index is 11.5. The number of methoxy groups -OCH3 is 1. The summed E-state index contributed by atoms with van der Waals surface area (Å²) in [5.41, 5.74) is 6.04. The number of nitrogens with two attached hydrogens (primary N) is 1. The fraction of sp³-hybridized carbons (Fsp3) is 0.636. The number of aromatic nitrogens is 1. The summed E-state index contributed by atoms with van der Waals surface area (Å²) in [6.07, 6.45) is 3.74. The van der Waals surface area contributed by atoms with Crippen molar-refractivity contribution < 1.29 is 13.9 Å². The highest BCUT2D eigenvalue weighted by Crippen LogP contribution is 2.39. The third kappa shape index (κ3) is 2.63. The van der Waals surface area contributed by atoms with Crippen LogP contribution in [0.1, 0.15) is 25.0 Å². The Morgan fingerprint density at radius 3 is 3.12 bits per heavy atom. The van der Waals surface area contributed by atoms with Crippen LogP contribution >= 0.6 is 11.8 Å². The minimum atomic E-state index is -0.839. The molecule has 0 saturated heterocycles. The zero-order valence-electron chi connectivity index (χ0n) is 9.93. The molecule has 2 rings (SSSR count). The highest BCUT2D eigenvalue weighted by Gasteiger charge is 2.43. The Bertz CT molecular complexity index is 421. The number of carbonyl (C=O) groups is 1. The lowest BCUT2D eigenvalue weighted by atomic mass is 10.00. The van der Waals surface area contributed by atoms with E-state index >= 15 is 0 Å². The van der Waals surface area contributed by atoms with Crippen molar-refractivity contribution in [3.05, 3.63) is 12.0 Å². The van der Waals surface area contributed by atoms with Crippen LogP contribution in [0.25, 0.3) is 0 Å². The molecule has 6 heteroatoms. The lowest BCUT2D eigenvalue weighted by Gasteiger charge is -2.20. The second-order valence-electron chi connectivity index (χ2n) is 4.39. The van der Waals surface area contributed by atoms with E-state index in [1.165, 1.54) is 18.9 Å². The molecule has 1 heterocycles. The second-order valence-corrected chi connectivity index (χ2v) is 5.64. The van der Waals surface area contributed by atoms with Crippen molar-refractivity contribution in [1.29, 1.82) is 0 Å². The smallest absolute Gasteiger partial charge is 0.325 e. The predicted octanol–water partition coefficient (Wildman–Crippen LogP) is 1.50. The van der Waals surface area contributed by atoms with E-state index in [0.717, 1.165) is 12.1 Å². The standard InChI is InChI=1S/C11H16N2O3S/c1-7-6-16-10(13-7)17-8-3-4-11(12,5-8)9(14)15-2/h6,8H,3-5,12H2,1-2H3. The molecule has 1 aromatic heterocycles. The number of ether oxygens (including phenoxy) is 1. The van der Waals surface area contributed by atoms with Gasteiger partial charge >= 0.3 is 5.97 Å². The molecule has 0 radical (unpaired) electrons. The number of oxazole rings is 1. The van der Waals surface area contributed by atoms with Crippen molar-refractivity contribution in [2.24, 2.45) is 5.73 Å². The van der Waals surface area contributed by atoms with Gasteiger partial charge in [-0.25, -0.2) is 4.98 Å². The molecule has 2 N–H and O–H groups in total. The van der Waals surface area contributed by atoms with Crippen LogP contribution in [0, 0.1) is 6.92 Å². The van der Waals surface area contributed by atoms with Gasteiger partial charge in [0.15, 0.2) is 0 Å². The number of hydrogen-bond acceptors (Lipinski definition) is 6. The number of esters is 1. The van der Waals surface area contributed by atoms with Gasteiger partial charge in [0.1, 0.15) is 11.8 Å².